The molecule has 6 nitrogen and oxygen atoms in total. The highest BCUT2D eigenvalue weighted by atomic mass is 19.3. The Hall–Kier alpha value is -0.520. The highest BCUT2D eigenvalue weighted by molar-refractivity contribution is 5.08. The molecule has 10 heteroatoms. The average molecular weight is 687 g/mol. The Kier molecular flexibility index (Phi) is 12.9. The average Bonchev–Trinajstić information content (AvgIpc) is 3.00. The van der Waals surface area contributed by atoms with Gasteiger partial charge in [0, 0.05) is 57.8 Å². The third kappa shape index (κ3) is 9.09. The molecule has 2 atom stereocenters. The Bertz CT molecular complexity index is 982. The Morgan fingerprint density at radius 3 is 1.75 bits per heavy atom. The first-order valence-electron chi connectivity index (χ1n) is 19.8. The molecular formula is C38H70F4N6. The van der Waals surface area contributed by atoms with E-state index in [4.69, 9.17) is 0 Å². The van der Waals surface area contributed by atoms with Crippen molar-refractivity contribution in [1.29, 1.82) is 0 Å². The normalized spacial score (nSPS) is 30.9. The van der Waals surface area contributed by atoms with Crippen molar-refractivity contribution in [3.05, 3.63) is 0 Å². The summed E-state index contributed by atoms with van der Waals surface area (Å²) in [5, 5.41) is 0. The van der Waals surface area contributed by atoms with Gasteiger partial charge in [-0.25, -0.2) is 17.6 Å². The van der Waals surface area contributed by atoms with Crippen molar-refractivity contribution in [2.24, 2.45) is 28.6 Å². The Morgan fingerprint density at radius 2 is 1.21 bits per heavy atom. The molecule has 6 rings (SSSR count). The molecule has 6 fully saturated rings. The predicted octanol–water partition coefficient (Wildman–Crippen LogP) is 6.18. The number of hydrogen-bond acceptors (Lipinski definition) is 6. The molecule has 0 bridgehead atoms. The summed E-state index contributed by atoms with van der Waals surface area (Å²) in [6.45, 7) is 26.9. The number of halogens is 4. The molecular weight excluding hydrogens is 616 g/mol. The second-order valence-electron chi connectivity index (χ2n) is 17.5. The van der Waals surface area contributed by atoms with Crippen molar-refractivity contribution in [2.75, 3.05) is 111 Å². The van der Waals surface area contributed by atoms with Gasteiger partial charge in [-0.15, -0.1) is 0 Å². The van der Waals surface area contributed by atoms with E-state index in [-0.39, 0.29) is 13.1 Å². The van der Waals surface area contributed by atoms with Crippen LogP contribution in [0.15, 0.2) is 0 Å². The third-order valence-electron chi connectivity index (χ3n) is 13.4. The summed E-state index contributed by atoms with van der Waals surface area (Å²) < 4.78 is 58.6. The molecule has 0 saturated carbocycles. The van der Waals surface area contributed by atoms with Crippen LogP contribution in [0.5, 0.6) is 0 Å². The number of rotatable bonds is 10. The first-order valence-corrected chi connectivity index (χ1v) is 19.8. The van der Waals surface area contributed by atoms with Crippen molar-refractivity contribution in [3.8, 4) is 0 Å². The van der Waals surface area contributed by atoms with E-state index in [2.05, 4.69) is 61.1 Å². The van der Waals surface area contributed by atoms with Crippen molar-refractivity contribution in [3.63, 3.8) is 0 Å². The van der Waals surface area contributed by atoms with Crippen LogP contribution in [0.2, 0.25) is 0 Å². The van der Waals surface area contributed by atoms with Crippen molar-refractivity contribution in [1.82, 2.24) is 29.4 Å². The quantitative estimate of drug-likeness (QED) is 0.254. The molecule has 0 aromatic heterocycles. The SMILES string of the molecule is CCC(C)N1CC2(CCN(CC3CCN(CC(C)C)CC3(F)F)CC2)C1.CCN1CCC(CN2CCC3(CN(CC)C3)C(F)(F)C2)CC1. The van der Waals surface area contributed by atoms with Crippen molar-refractivity contribution >= 4 is 0 Å². The molecule has 0 aliphatic carbocycles. The van der Waals surface area contributed by atoms with Gasteiger partial charge in [-0.2, -0.15) is 0 Å². The van der Waals surface area contributed by atoms with Gasteiger partial charge in [0.25, 0.3) is 11.8 Å². The van der Waals surface area contributed by atoms with Crippen LogP contribution in [0.25, 0.3) is 0 Å². The van der Waals surface area contributed by atoms with Gasteiger partial charge in [0.05, 0.1) is 18.5 Å². The molecule has 6 aliphatic rings. The summed E-state index contributed by atoms with van der Waals surface area (Å²) in [5.41, 5.74) is -0.228. The molecule has 0 amide bonds. The van der Waals surface area contributed by atoms with Gasteiger partial charge in [0.15, 0.2) is 0 Å². The molecule has 2 unspecified atom stereocenters. The Labute approximate surface area is 290 Å². The van der Waals surface area contributed by atoms with E-state index in [9.17, 15) is 17.6 Å². The van der Waals surface area contributed by atoms with Gasteiger partial charge in [-0.05, 0) is 121 Å². The maximum Gasteiger partial charge on any atom is 0.268 e. The fourth-order valence-corrected chi connectivity index (χ4v) is 9.69. The molecule has 48 heavy (non-hydrogen) atoms. The number of likely N-dealkylation sites (tertiary alicyclic amines) is 6. The Morgan fingerprint density at radius 1 is 0.604 bits per heavy atom. The molecule has 6 saturated heterocycles. The van der Waals surface area contributed by atoms with E-state index in [0.717, 1.165) is 65.4 Å². The predicted molar refractivity (Wildman–Crippen MR) is 189 cm³/mol. The fraction of sp³-hybridized carbons (Fsp3) is 1.00. The van der Waals surface area contributed by atoms with E-state index in [1.807, 2.05) is 9.80 Å². The second-order valence-corrected chi connectivity index (χ2v) is 17.5. The second kappa shape index (κ2) is 16.0. The van der Waals surface area contributed by atoms with Gasteiger partial charge in [0.2, 0.25) is 0 Å². The van der Waals surface area contributed by atoms with Crippen LogP contribution >= 0.6 is 0 Å². The van der Waals surface area contributed by atoms with Gasteiger partial charge in [0.1, 0.15) is 0 Å². The van der Waals surface area contributed by atoms with Gasteiger partial charge < -0.3 is 14.7 Å². The molecule has 2 spiro atoms. The lowest BCUT2D eigenvalue weighted by molar-refractivity contribution is -0.224. The molecule has 0 aromatic carbocycles. The Balaban J connectivity index is 0.000000190. The largest absolute Gasteiger partial charge is 0.304 e. The maximum absolute atomic E-state index is 14.7. The monoisotopic (exact) mass is 687 g/mol. The third-order valence-corrected chi connectivity index (χ3v) is 13.4. The zero-order chi connectivity index (χ0) is 34.7. The van der Waals surface area contributed by atoms with E-state index in [1.165, 1.54) is 45.2 Å². The molecule has 0 radical (unpaired) electrons. The summed E-state index contributed by atoms with van der Waals surface area (Å²) >= 11 is 0. The summed E-state index contributed by atoms with van der Waals surface area (Å²) in [5.74, 6) is -4.44. The smallest absolute Gasteiger partial charge is 0.268 e. The van der Waals surface area contributed by atoms with E-state index in [1.54, 1.807) is 0 Å². The molecule has 280 valence electrons. The van der Waals surface area contributed by atoms with Crippen LogP contribution in [0.3, 0.4) is 0 Å². The molecule has 0 N–H and O–H groups in total. The highest BCUT2D eigenvalue weighted by Crippen LogP contribution is 2.50. The lowest BCUT2D eigenvalue weighted by atomic mass is 9.69. The number of nitrogens with zero attached hydrogens (tertiary/aromatic N) is 6. The van der Waals surface area contributed by atoms with Gasteiger partial charge in [-0.3, -0.25) is 14.7 Å². The number of hydrogen-bond donors (Lipinski definition) is 0. The lowest BCUT2D eigenvalue weighted by Crippen LogP contribution is -2.70. The lowest BCUT2D eigenvalue weighted by Gasteiger charge is -2.57. The van der Waals surface area contributed by atoms with E-state index >= 15 is 0 Å². The van der Waals surface area contributed by atoms with Crippen LogP contribution in [-0.2, 0) is 0 Å². The maximum atomic E-state index is 14.7. The fourth-order valence-electron chi connectivity index (χ4n) is 9.69. The summed E-state index contributed by atoms with van der Waals surface area (Å²) in [6, 6.07) is 0.688. The van der Waals surface area contributed by atoms with Crippen LogP contribution < -0.4 is 0 Å². The summed E-state index contributed by atoms with van der Waals surface area (Å²) in [4.78, 5) is 13.5. The summed E-state index contributed by atoms with van der Waals surface area (Å²) in [7, 11) is 0. The van der Waals surface area contributed by atoms with Crippen LogP contribution in [0.4, 0.5) is 17.6 Å². The van der Waals surface area contributed by atoms with Crippen LogP contribution in [0.1, 0.15) is 86.5 Å². The van der Waals surface area contributed by atoms with Gasteiger partial charge >= 0.3 is 0 Å². The highest BCUT2D eigenvalue weighted by Gasteiger charge is 2.62. The minimum absolute atomic E-state index is 0.0153. The van der Waals surface area contributed by atoms with Crippen molar-refractivity contribution in [2.45, 2.75) is 104 Å². The topological polar surface area (TPSA) is 19.4 Å². The first-order chi connectivity index (χ1) is 22.7. The first kappa shape index (κ1) is 38.7. The molecule has 6 aliphatic heterocycles. The zero-order valence-corrected chi connectivity index (χ0v) is 31.5. The van der Waals surface area contributed by atoms with Gasteiger partial charge in [-0.1, -0.05) is 34.6 Å². The molecule has 6 heterocycles. The number of piperidine rings is 4. The standard InChI is InChI=1S/C21H39F2N3.C17H31F2N3/c1-5-18(4)26-14-20(15-26)7-10-24(11-8-20)13-19-6-9-25(12-17(2)3)16-21(19,22)23;1-3-20-8-5-15(6-9-20)11-22-10-7-16(17(18,19)14-22)12-21(4-2)13-16/h17-19H,5-16H2,1-4H3;15H,3-14H2,1-2H3. The van der Waals surface area contributed by atoms with E-state index < -0.39 is 23.2 Å². The van der Waals surface area contributed by atoms with E-state index in [0.29, 0.717) is 55.8 Å². The molecule has 0 aromatic rings. The van der Waals surface area contributed by atoms with Crippen molar-refractivity contribution < 1.29 is 17.6 Å². The minimum Gasteiger partial charge on any atom is -0.304 e. The zero-order valence-electron chi connectivity index (χ0n) is 31.5. The number of alkyl halides is 4. The van der Waals surface area contributed by atoms with Crippen LogP contribution in [0, 0.1) is 28.6 Å². The summed E-state index contributed by atoms with van der Waals surface area (Å²) in [6.07, 6.45) is 7.25. The van der Waals surface area contributed by atoms with Crippen LogP contribution in [-0.4, -0.2) is 159 Å². The minimum atomic E-state index is -2.54.